The van der Waals surface area contributed by atoms with Crippen molar-refractivity contribution in [2.24, 2.45) is 0 Å². The number of benzene rings is 1. The Balaban J connectivity index is 2.47. The minimum atomic E-state index is -0.327. The third-order valence-electron chi connectivity index (χ3n) is 2.74. The van der Waals surface area contributed by atoms with E-state index in [0.29, 0.717) is 30.8 Å². The molecule has 0 fully saturated rings. The van der Waals surface area contributed by atoms with Crippen LogP contribution in [0.1, 0.15) is 36.5 Å². The van der Waals surface area contributed by atoms with Crippen LogP contribution in [0.5, 0.6) is 0 Å². The van der Waals surface area contributed by atoms with Crippen molar-refractivity contribution in [2.75, 3.05) is 25.5 Å². The molecule has 0 heterocycles. The number of anilines is 1. The van der Waals surface area contributed by atoms with Crippen LogP contribution in [0.3, 0.4) is 0 Å². The maximum atomic E-state index is 11.7. The smallest absolute Gasteiger partial charge is 0.338 e. The maximum absolute atomic E-state index is 11.7. The quantitative estimate of drug-likeness (QED) is 0.565. The first-order chi connectivity index (χ1) is 9.67. The largest absolute Gasteiger partial charge is 0.462 e. The number of rotatable bonds is 8. The van der Waals surface area contributed by atoms with Gasteiger partial charge in [0.1, 0.15) is 0 Å². The number of amides is 1. The van der Waals surface area contributed by atoms with Crippen molar-refractivity contribution in [3.8, 4) is 0 Å². The lowest BCUT2D eigenvalue weighted by Gasteiger charge is -2.07. The Labute approximate surface area is 119 Å². The molecule has 1 aromatic carbocycles. The van der Waals surface area contributed by atoms with Gasteiger partial charge in [-0.3, -0.25) is 4.79 Å². The van der Waals surface area contributed by atoms with Gasteiger partial charge >= 0.3 is 5.97 Å². The normalized spacial score (nSPS) is 10.1. The number of hydrogen-bond acceptors (Lipinski definition) is 4. The molecule has 1 rings (SSSR count). The minimum Gasteiger partial charge on any atom is -0.462 e. The zero-order valence-electron chi connectivity index (χ0n) is 12.1. The molecule has 20 heavy (non-hydrogen) atoms. The van der Waals surface area contributed by atoms with Gasteiger partial charge in [0.25, 0.3) is 0 Å². The van der Waals surface area contributed by atoms with Gasteiger partial charge in [0.15, 0.2) is 0 Å². The lowest BCUT2D eigenvalue weighted by molar-refractivity contribution is -0.116. The van der Waals surface area contributed by atoms with Crippen molar-refractivity contribution in [1.29, 1.82) is 0 Å². The molecule has 0 bridgehead atoms. The Morgan fingerprint density at radius 2 is 1.90 bits per heavy atom. The molecule has 0 aliphatic carbocycles. The van der Waals surface area contributed by atoms with Crippen LogP contribution >= 0.6 is 0 Å². The number of nitrogens with one attached hydrogen (secondary N) is 2. The minimum absolute atomic E-state index is 0.0578. The third kappa shape index (κ3) is 5.84. The molecule has 0 saturated carbocycles. The van der Waals surface area contributed by atoms with Crippen molar-refractivity contribution in [3.63, 3.8) is 0 Å². The third-order valence-corrected chi connectivity index (χ3v) is 2.74. The van der Waals surface area contributed by atoms with Gasteiger partial charge in [0, 0.05) is 18.7 Å². The van der Waals surface area contributed by atoms with Crippen LogP contribution in [-0.4, -0.2) is 32.1 Å². The van der Waals surface area contributed by atoms with Gasteiger partial charge in [-0.15, -0.1) is 0 Å². The summed E-state index contributed by atoms with van der Waals surface area (Å²) >= 11 is 0. The van der Waals surface area contributed by atoms with Gasteiger partial charge in [-0.25, -0.2) is 4.79 Å². The molecule has 5 heteroatoms. The second kappa shape index (κ2) is 9.09. The number of ether oxygens (including phenoxy) is 1. The van der Waals surface area contributed by atoms with Crippen LogP contribution in [0.15, 0.2) is 24.3 Å². The zero-order valence-corrected chi connectivity index (χ0v) is 12.1. The number of unbranched alkanes of at least 4 members (excludes halogenated alkanes) is 1. The molecule has 1 aromatic rings. The van der Waals surface area contributed by atoms with E-state index in [9.17, 15) is 9.59 Å². The monoisotopic (exact) mass is 278 g/mol. The van der Waals surface area contributed by atoms with E-state index in [1.54, 1.807) is 31.3 Å². The molecule has 0 aliphatic rings. The summed E-state index contributed by atoms with van der Waals surface area (Å²) in [6.07, 6.45) is 2.27. The van der Waals surface area contributed by atoms with E-state index in [-0.39, 0.29) is 11.9 Å². The van der Waals surface area contributed by atoms with Crippen LogP contribution in [0.4, 0.5) is 5.69 Å². The Morgan fingerprint density at radius 1 is 1.20 bits per heavy atom. The second-order valence-corrected chi connectivity index (χ2v) is 4.47. The standard InChI is InChI=1S/C15H22N2O3/c1-3-4-11-20-15(19)12-5-7-13(8-6-12)17-14(18)9-10-16-2/h5-8,16H,3-4,9-11H2,1-2H3,(H,17,18). The second-order valence-electron chi connectivity index (χ2n) is 4.47. The van der Waals surface area contributed by atoms with Gasteiger partial charge in [-0.1, -0.05) is 13.3 Å². The summed E-state index contributed by atoms with van der Waals surface area (Å²) in [6, 6.07) is 6.71. The number of carbonyl (C=O) groups excluding carboxylic acids is 2. The molecule has 5 nitrogen and oxygen atoms in total. The fourth-order valence-electron chi connectivity index (χ4n) is 1.54. The fourth-order valence-corrected chi connectivity index (χ4v) is 1.54. The first kappa shape index (κ1) is 16.2. The highest BCUT2D eigenvalue weighted by molar-refractivity contribution is 5.93. The Morgan fingerprint density at radius 3 is 2.50 bits per heavy atom. The van der Waals surface area contributed by atoms with Crippen LogP contribution in [0, 0.1) is 0 Å². The summed E-state index contributed by atoms with van der Waals surface area (Å²) < 4.78 is 5.11. The highest BCUT2D eigenvalue weighted by Gasteiger charge is 2.07. The van der Waals surface area contributed by atoms with Gasteiger partial charge in [0.05, 0.1) is 12.2 Å². The van der Waals surface area contributed by atoms with E-state index < -0.39 is 0 Å². The summed E-state index contributed by atoms with van der Waals surface area (Å²) in [5.41, 5.74) is 1.17. The Hall–Kier alpha value is -1.88. The molecule has 0 aliphatic heterocycles. The summed E-state index contributed by atoms with van der Waals surface area (Å²) in [6.45, 7) is 3.12. The van der Waals surface area contributed by atoms with Gasteiger partial charge < -0.3 is 15.4 Å². The van der Waals surface area contributed by atoms with Crippen LogP contribution in [0.25, 0.3) is 0 Å². The number of carbonyl (C=O) groups is 2. The van der Waals surface area contributed by atoms with E-state index >= 15 is 0 Å². The molecule has 1 amide bonds. The average molecular weight is 278 g/mol. The van der Waals surface area contributed by atoms with Gasteiger partial charge in [-0.05, 0) is 37.7 Å². The Kier molecular flexibility index (Phi) is 7.35. The van der Waals surface area contributed by atoms with Crippen LogP contribution in [-0.2, 0) is 9.53 Å². The van der Waals surface area contributed by atoms with Crippen LogP contribution < -0.4 is 10.6 Å². The van der Waals surface area contributed by atoms with Crippen molar-refractivity contribution < 1.29 is 14.3 Å². The molecule has 0 unspecified atom stereocenters. The summed E-state index contributed by atoms with van der Waals surface area (Å²) in [7, 11) is 1.80. The maximum Gasteiger partial charge on any atom is 0.338 e. The molecule has 2 N–H and O–H groups in total. The number of esters is 1. The topological polar surface area (TPSA) is 67.4 Å². The average Bonchev–Trinajstić information content (AvgIpc) is 2.46. The lowest BCUT2D eigenvalue weighted by Crippen LogP contribution is -2.18. The van der Waals surface area contributed by atoms with E-state index in [1.165, 1.54) is 0 Å². The predicted octanol–water partition coefficient (Wildman–Crippen LogP) is 2.19. The van der Waals surface area contributed by atoms with Crippen molar-refractivity contribution in [2.45, 2.75) is 26.2 Å². The zero-order chi connectivity index (χ0) is 14.8. The molecule has 0 saturated heterocycles. The van der Waals surface area contributed by atoms with Crippen molar-refractivity contribution >= 4 is 17.6 Å². The van der Waals surface area contributed by atoms with Crippen molar-refractivity contribution in [1.82, 2.24) is 5.32 Å². The van der Waals surface area contributed by atoms with E-state index in [4.69, 9.17) is 4.74 Å². The van der Waals surface area contributed by atoms with E-state index in [0.717, 1.165) is 12.8 Å². The van der Waals surface area contributed by atoms with E-state index in [2.05, 4.69) is 10.6 Å². The van der Waals surface area contributed by atoms with Gasteiger partial charge in [0.2, 0.25) is 5.91 Å². The molecule has 0 radical (unpaired) electrons. The SMILES string of the molecule is CCCCOC(=O)c1ccc(NC(=O)CCNC)cc1. The lowest BCUT2D eigenvalue weighted by atomic mass is 10.2. The Bertz CT molecular complexity index is 429. The molecule has 110 valence electrons. The predicted molar refractivity (Wildman–Crippen MR) is 78.8 cm³/mol. The molecule has 0 aromatic heterocycles. The van der Waals surface area contributed by atoms with Crippen molar-refractivity contribution in [3.05, 3.63) is 29.8 Å². The molecular formula is C15H22N2O3. The first-order valence-electron chi connectivity index (χ1n) is 6.89. The van der Waals surface area contributed by atoms with Gasteiger partial charge in [-0.2, -0.15) is 0 Å². The highest BCUT2D eigenvalue weighted by atomic mass is 16.5. The number of hydrogen-bond donors (Lipinski definition) is 2. The van der Waals surface area contributed by atoms with Crippen LogP contribution in [0.2, 0.25) is 0 Å². The molecule has 0 spiro atoms. The fraction of sp³-hybridized carbons (Fsp3) is 0.467. The highest BCUT2D eigenvalue weighted by Crippen LogP contribution is 2.11. The summed E-state index contributed by atoms with van der Waals surface area (Å²) in [4.78, 5) is 23.2. The van der Waals surface area contributed by atoms with E-state index in [1.807, 2.05) is 6.92 Å². The first-order valence-corrected chi connectivity index (χ1v) is 6.89. The molecule has 0 atom stereocenters. The summed E-state index contributed by atoms with van der Waals surface area (Å²) in [5.74, 6) is -0.385. The molecular weight excluding hydrogens is 256 g/mol. The summed E-state index contributed by atoms with van der Waals surface area (Å²) in [5, 5.41) is 5.67.